The lowest BCUT2D eigenvalue weighted by Crippen LogP contribution is -2.33. The zero-order chi connectivity index (χ0) is 32.6. The van der Waals surface area contributed by atoms with E-state index in [2.05, 4.69) is 47.9 Å². The van der Waals surface area contributed by atoms with Gasteiger partial charge in [0.15, 0.2) is 11.6 Å². The number of anilines is 1. The fourth-order valence-corrected chi connectivity index (χ4v) is 6.62. The van der Waals surface area contributed by atoms with Crippen LogP contribution in [0.3, 0.4) is 0 Å². The van der Waals surface area contributed by atoms with Crippen molar-refractivity contribution in [3.8, 4) is 11.5 Å². The third-order valence-corrected chi connectivity index (χ3v) is 9.42. The lowest BCUT2D eigenvalue weighted by Gasteiger charge is -2.26. The highest BCUT2D eigenvalue weighted by atomic mass is 19.1. The minimum absolute atomic E-state index is 0.0574. The van der Waals surface area contributed by atoms with Crippen molar-refractivity contribution in [1.29, 1.82) is 0 Å². The second-order valence-electron chi connectivity index (χ2n) is 13.3. The maximum absolute atomic E-state index is 14.2. The number of amides is 1. The van der Waals surface area contributed by atoms with Gasteiger partial charge in [-0.3, -0.25) is 14.3 Å². The molecule has 46 heavy (non-hydrogen) atoms. The molecule has 1 atom stereocenters. The molecule has 0 bridgehead atoms. The van der Waals surface area contributed by atoms with Gasteiger partial charge in [0.2, 0.25) is 0 Å². The zero-order valence-electron chi connectivity index (χ0n) is 27.3. The fourth-order valence-electron chi connectivity index (χ4n) is 6.62. The van der Waals surface area contributed by atoms with E-state index in [4.69, 9.17) is 4.74 Å². The first-order valence-corrected chi connectivity index (χ1v) is 15.9. The van der Waals surface area contributed by atoms with Gasteiger partial charge in [-0.2, -0.15) is 0 Å². The summed E-state index contributed by atoms with van der Waals surface area (Å²) < 4.78 is 22.3. The van der Waals surface area contributed by atoms with Crippen molar-refractivity contribution < 1.29 is 13.9 Å². The highest BCUT2D eigenvalue weighted by molar-refractivity contribution is 5.97. The monoisotopic (exact) mass is 630 g/mol. The number of aromatic nitrogens is 4. The molecule has 1 spiro atoms. The van der Waals surface area contributed by atoms with E-state index in [1.165, 1.54) is 30.1 Å². The number of nitrogens with one attached hydrogen (secondary N) is 1. The van der Waals surface area contributed by atoms with E-state index in [0.717, 1.165) is 63.1 Å². The van der Waals surface area contributed by atoms with Gasteiger partial charge in [0, 0.05) is 57.8 Å². The second-order valence-corrected chi connectivity index (χ2v) is 13.3. The number of likely N-dealkylation sites (tertiary alicyclic amines) is 1. The number of H-pyrrole nitrogens is 1. The van der Waals surface area contributed by atoms with Crippen LogP contribution in [0, 0.1) is 11.2 Å². The number of hydrogen-bond donors (Lipinski definition) is 1. The average molecular weight is 631 g/mol. The zero-order valence-corrected chi connectivity index (χ0v) is 27.3. The molecule has 6 rings (SSSR count). The van der Waals surface area contributed by atoms with E-state index in [1.54, 1.807) is 22.7 Å². The first-order valence-electron chi connectivity index (χ1n) is 15.9. The van der Waals surface area contributed by atoms with Gasteiger partial charge in [-0.1, -0.05) is 6.07 Å². The maximum Gasteiger partial charge on any atom is 0.326 e. The van der Waals surface area contributed by atoms with E-state index in [1.807, 2.05) is 27.9 Å². The Bertz CT molecular complexity index is 1790. The molecule has 1 N–H and O–H groups in total. The van der Waals surface area contributed by atoms with Gasteiger partial charge < -0.3 is 24.4 Å². The molecule has 4 heterocycles. The van der Waals surface area contributed by atoms with Crippen LogP contribution in [0.25, 0.3) is 11.0 Å². The molecular formula is C34H43FN8O3. The molecule has 0 radical (unpaired) electrons. The molecule has 2 aliphatic heterocycles. The van der Waals surface area contributed by atoms with Gasteiger partial charge in [-0.05, 0) is 83.2 Å². The van der Waals surface area contributed by atoms with E-state index in [-0.39, 0.29) is 34.4 Å². The SMILES string of the molecule is CC(C)N(C)C(=O)c1cc(F)ccc1Oc1cncnc1N1CCC2(CCN(Cc3ccc4c(c3)[nH]c(=O)n4CCN(C)C)C2)C1. The van der Waals surface area contributed by atoms with Crippen LogP contribution in [-0.4, -0.2) is 100 Å². The van der Waals surface area contributed by atoms with Crippen LogP contribution in [0.1, 0.15) is 42.6 Å². The fraction of sp³-hybridized carbons (Fsp3) is 0.471. The summed E-state index contributed by atoms with van der Waals surface area (Å²) in [5, 5.41) is 0. The summed E-state index contributed by atoms with van der Waals surface area (Å²) in [6.07, 6.45) is 5.20. The number of benzene rings is 2. The average Bonchev–Trinajstić information content (AvgIpc) is 3.72. The standard InChI is InChI=1S/C34H43FN8O3/c1-23(2)40(5)32(44)26-17-25(35)7-9-29(26)46-30-18-36-22-37-31(30)42-13-11-34(21-42)10-12-41(20-34)19-24-6-8-28-27(16-24)38-33(45)43(28)15-14-39(3)4/h6-9,16-18,22-23H,10-15,19-21H2,1-5H3,(H,38,45). The molecule has 12 heteroatoms. The van der Waals surface area contributed by atoms with Crippen molar-refractivity contribution in [2.75, 3.05) is 58.8 Å². The van der Waals surface area contributed by atoms with Crippen LogP contribution in [0.15, 0.2) is 53.7 Å². The Morgan fingerprint density at radius 2 is 1.89 bits per heavy atom. The van der Waals surface area contributed by atoms with Crippen LogP contribution in [0.4, 0.5) is 10.2 Å². The third kappa shape index (κ3) is 6.50. The van der Waals surface area contributed by atoms with Crippen LogP contribution < -0.4 is 15.3 Å². The van der Waals surface area contributed by atoms with Crippen molar-refractivity contribution in [1.82, 2.24) is 34.2 Å². The predicted molar refractivity (Wildman–Crippen MR) is 176 cm³/mol. The largest absolute Gasteiger partial charge is 0.451 e. The molecule has 4 aromatic rings. The number of fused-ring (bicyclic) bond motifs is 1. The first kappa shape index (κ1) is 31.7. The summed E-state index contributed by atoms with van der Waals surface area (Å²) in [5.41, 5.74) is 3.20. The number of carbonyl (C=O) groups is 1. The Balaban J connectivity index is 1.14. The number of carbonyl (C=O) groups excluding carboxylic acids is 1. The number of hydrogen-bond acceptors (Lipinski definition) is 8. The smallest absolute Gasteiger partial charge is 0.326 e. The van der Waals surface area contributed by atoms with Crippen LogP contribution in [-0.2, 0) is 13.1 Å². The normalized spacial score (nSPS) is 18.5. The van der Waals surface area contributed by atoms with E-state index in [0.29, 0.717) is 18.1 Å². The molecule has 2 aromatic heterocycles. The maximum atomic E-state index is 14.2. The Kier molecular flexibility index (Phi) is 8.84. The Hall–Kier alpha value is -4.29. The Morgan fingerprint density at radius 3 is 2.67 bits per heavy atom. The van der Waals surface area contributed by atoms with Crippen LogP contribution in [0.5, 0.6) is 11.5 Å². The summed E-state index contributed by atoms with van der Waals surface area (Å²) >= 11 is 0. The minimum atomic E-state index is -0.503. The lowest BCUT2D eigenvalue weighted by molar-refractivity contribution is 0.0751. The molecule has 2 aliphatic rings. The molecule has 0 saturated carbocycles. The van der Waals surface area contributed by atoms with E-state index >= 15 is 0 Å². The van der Waals surface area contributed by atoms with Gasteiger partial charge in [0.05, 0.1) is 22.8 Å². The minimum Gasteiger partial charge on any atom is -0.451 e. The molecule has 1 unspecified atom stereocenters. The number of likely N-dealkylation sites (N-methyl/N-ethyl adjacent to an activating group) is 1. The van der Waals surface area contributed by atoms with Gasteiger partial charge in [-0.15, -0.1) is 0 Å². The highest BCUT2D eigenvalue weighted by Gasteiger charge is 2.44. The Morgan fingerprint density at radius 1 is 1.09 bits per heavy atom. The quantitative estimate of drug-likeness (QED) is 0.278. The van der Waals surface area contributed by atoms with Crippen molar-refractivity contribution >= 4 is 22.8 Å². The molecular weight excluding hydrogens is 587 g/mol. The molecule has 2 saturated heterocycles. The summed E-state index contributed by atoms with van der Waals surface area (Å²) in [5.74, 6) is 0.542. The van der Waals surface area contributed by atoms with Crippen molar-refractivity contribution in [2.24, 2.45) is 5.41 Å². The molecule has 2 fully saturated rings. The van der Waals surface area contributed by atoms with Crippen LogP contribution >= 0.6 is 0 Å². The van der Waals surface area contributed by atoms with Gasteiger partial charge >= 0.3 is 5.69 Å². The van der Waals surface area contributed by atoms with Crippen molar-refractivity contribution in [3.63, 3.8) is 0 Å². The van der Waals surface area contributed by atoms with Crippen molar-refractivity contribution in [2.45, 2.75) is 45.8 Å². The summed E-state index contributed by atoms with van der Waals surface area (Å²) in [4.78, 5) is 45.9. The van der Waals surface area contributed by atoms with Gasteiger partial charge in [-0.25, -0.2) is 19.2 Å². The topological polar surface area (TPSA) is 103 Å². The lowest BCUT2D eigenvalue weighted by atomic mass is 9.86. The third-order valence-electron chi connectivity index (χ3n) is 9.42. The van der Waals surface area contributed by atoms with E-state index < -0.39 is 5.82 Å². The number of imidazole rings is 1. The number of nitrogens with zero attached hydrogens (tertiary/aromatic N) is 7. The molecule has 11 nitrogen and oxygen atoms in total. The van der Waals surface area contributed by atoms with Crippen LogP contribution in [0.2, 0.25) is 0 Å². The molecule has 2 aromatic carbocycles. The molecule has 1 amide bonds. The second kappa shape index (κ2) is 12.8. The number of rotatable bonds is 10. The number of aromatic amines is 1. The summed E-state index contributed by atoms with van der Waals surface area (Å²) in [7, 11) is 5.70. The summed E-state index contributed by atoms with van der Waals surface area (Å²) in [6.45, 7) is 9.66. The highest BCUT2D eigenvalue weighted by Crippen LogP contribution is 2.43. The molecule has 244 valence electrons. The van der Waals surface area contributed by atoms with Gasteiger partial charge in [0.1, 0.15) is 17.9 Å². The number of ether oxygens (including phenoxy) is 1. The Labute approximate surface area is 268 Å². The first-order chi connectivity index (χ1) is 22.0. The van der Waals surface area contributed by atoms with E-state index in [9.17, 15) is 14.0 Å². The summed E-state index contributed by atoms with van der Waals surface area (Å²) in [6, 6.07) is 10.2. The number of halogens is 1. The predicted octanol–water partition coefficient (Wildman–Crippen LogP) is 4.20. The van der Waals surface area contributed by atoms with Gasteiger partial charge in [0.25, 0.3) is 5.91 Å². The van der Waals surface area contributed by atoms with Crippen molar-refractivity contribution in [3.05, 3.63) is 76.4 Å². The molecule has 0 aliphatic carbocycles.